The topological polar surface area (TPSA) is 74.2 Å². The number of amides is 1. The Bertz CT molecular complexity index is 880. The summed E-state index contributed by atoms with van der Waals surface area (Å²) in [4.78, 5) is 17.7. The minimum atomic E-state index is -0.0218. The van der Waals surface area contributed by atoms with E-state index in [-0.39, 0.29) is 30.7 Å². The minimum absolute atomic E-state index is 0. The maximum Gasteiger partial charge on any atom is 0.251 e. The number of likely N-dealkylation sites (N-methyl/N-ethyl adjacent to an activating group) is 1. The van der Waals surface area contributed by atoms with E-state index >= 15 is 0 Å². The van der Waals surface area contributed by atoms with Crippen LogP contribution in [0.2, 0.25) is 0 Å². The molecule has 158 valence electrons. The summed E-state index contributed by atoms with van der Waals surface area (Å²) < 4.78 is 0. The molecular formula is C22H30Cl2N4O. The van der Waals surface area contributed by atoms with Gasteiger partial charge in [-0.2, -0.15) is 0 Å². The monoisotopic (exact) mass is 436 g/mol. The molecule has 0 spiro atoms. The Labute approximate surface area is 184 Å². The van der Waals surface area contributed by atoms with E-state index < -0.39 is 0 Å². The lowest BCUT2D eigenvalue weighted by atomic mass is 10.1. The van der Waals surface area contributed by atoms with Crippen LogP contribution in [0.4, 0.5) is 0 Å². The zero-order valence-electron chi connectivity index (χ0n) is 16.7. The largest absolute Gasteiger partial charge is 0.361 e. The van der Waals surface area contributed by atoms with Gasteiger partial charge in [-0.15, -0.1) is 24.8 Å². The standard InChI is InChI=1S/C22H28N4O.2ClH/c1-26(13-2-3-17-4-6-18(16-23)7-5-17)14-12-25-22(27)20-8-9-21-19(15-20)10-11-24-21;;/h4-11,15,24H,2-3,12-14,16,23H2,1H3,(H,25,27);2*1H. The van der Waals surface area contributed by atoms with Crippen molar-refractivity contribution in [3.8, 4) is 0 Å². The van der Waals surface area contributed by atoms with Crippen molar-refractivity contribution in [2.45, 2.75) is 19.4 Å². The van der Waals surface area contributed by atoms with Crippen molar-refractivity contribution in [1.29, 1.82) is 0 Å². The lowest BCUT2D eigenvalue weighted by Crippen LogP contribution is -2.33. The van der Waals surface area contributed by atoms with Crippen molar-refractivity contribution in [3.05, 3.63) is 71.4 Å². The molecule has 1 aromatic heterocycles. The van der Waals surface area contributed by atoms with E-state index in [1.165, 1.54) is 11.1 Å². The number of benzene rings is 2. The Morgan fingerprint density at radius 1 is 1.03 bits per heavy atom. The molecule has 0 fully saturated rings. The van der Waals surface area contributed by atoms with E-state index in [0.717, 1.165) is 36.8 Å². The zero-order valence-corrected chi connectivity index (χ0v) is 18.3. The predicted octanol–water partition coefficient (Wildman–Crippen LogP) is 3.76. The second-order valence-corrected chi connectivity index (χ2v) is 6.96. The van der Waals surface area contributed by atoms with Crippen LogP contribution in [0, 0.1) is 0 Å². The molecule has 2 aromatic carbocycles. The van der Waals surface area contributed by atoms with Gasteiger partial charge >= 0.3 is 0 Å². The normalized spacial score (nSPS) is 10.4. The summed E-state index contributed by atoms with van der Waals surface area (Å²) in [5, 5.41) is 4.06. The van der Waals surface area contributed by atoms with E-state index in [1.54, 1.807) is 0 Å². The van der Waals surface area contributed by atoms with Crippen molar-refractivity contribution in [2.75, 3.05) is 26.7 Å². The van der Waals surface area contributed by atoms with E-state index in [9.17, 15) is 4.79 Å². The molecule has 1 amide bonds. The third-order valence-corrected chi connectivity index (χ3v) is 4.86. The number of nitrogens with two attached hydrogens (primary N) is 1. The number of halogens is 2. The zero-order chi connectivity index (χ0) is 19.1. The second kappa shape index (κ2) is 12.5. The highest BCUT2D eigenvalue weighted by Crippen LogP contribution is 2.14. The van der Waals surface area contributed by atoms with Gasteiger partial charge in [-0.05, 0) is 61.8 Å². The second-order valence-electron chi connectivity index (χ2n) is 6.96. The molecule has 0 atom stereocenters. The van der Waals surface area contributed by atoms with Gasteiger partial charge < -0.3 is 20.9 Å². The Balaban J connectivity index is 0.00000210. The highest BCUT2D eigenvalue weighted by atomic mass is 35.5. The lowest BCUT2D eigenvalue weighted by Gasteiger charge is -2.17. The Kier molecular flexibility index (Phi) is 10.8. The molecule has 0 aliphatic heterocycles. The Hall–Kier alpha value is -2.05. The highest BCUT2D eigenvalue weighted by molar-refractivity contribution is 5.98. The number of hydrogen-bond donors (Lipinski definition) is 3. The summed E-state index contributed by atoms with van der Waals surface area (Å²) in [6.07, 6.45) is 4.03. The van der Waals surface area contributed by atoms with Crippen molar-refractivity contribution in [1.82, 2.24) is 15.2 Å². The van der Waals surface area contributed by atoms with Crippen LogP contribution >= 0.6 is 24.8 Å². The van der Waals surface area contributed by atoms with Crippen LogP contribution in [0.1, 0.15) is 27.9 Å². The summed E-state index contributed by atoms with van der Waals surface area (Å²) in [5.74, 6) is -0.0218. The average molecular weight is 437 g/mol. The smallest absolute Gasteiger partial charge is 0.251 e. The van der Waals surface area contributed by atoms with Gasteiger partial charge in [0.25, 0.3) is 5.91 Å². The first-order valence-corrected chi connectivity index (χ1v) is 9.47. The fourth-order valence-electron chi connectivity index (χ4n) is 3.16. The number of H-pyrrole nitrogens is 1. The number of aromatic nitrogens is 1. The Morgan fingerprint density at radius 2 is 1.76 bits per heavy atom. The van der Waals surface area contributed by atoms with Crippen LogP contribution in [0.25, 0.3) is 10.9 Å². The third kappa shape index (κ3) is 7.37. The van der Waals surface area contributed by atoms with Gasteiger partial charge in [0.05, 0.1) is 0 Å². The number of fused-ring (bicyclic) bond motifs is 1. The van der Waals surface area contributed by atoms with Crippen LogP contribution in [-0.4, -0.2) is 42.5 Å². The molecule has 0 unspecified atom stereocenters. The lowest BCUT2D eigenvalue weighted by molar-refractivity contribution is 0.0950. The van der Waals surface area contributed by atoms with E-state index in [4.69, 9.17) is 5.73 Å². The Morgan fingerprint density at radius 3 is 2.48 bits per heavy atom. The molecule has 0 radical (unpaired) electrons. The third-order valence-electron chi connectivity index (χ3n) is 4.86. The highest BCUT2D eigenvalue weighted by Gasteiger charge is 2.07. The maximum atomic E-state index is 12.3. The average Bonchev–Trinajstić information content (AvgIpc) is 3.16. The van der Waals surface area contributed by atoms with Crippen molar-refractivity contribution in [2.24, 2.45) is 5.73 Å². The summed E-state index contributed by atoms with van der Waals surface area (Å²) in [5.41, 5.74) is 9.88. The van der Waals surface area contributed by atoms with Crippen LogP contribution < -0.4 is 11.1 Å². The number of aryl methyl sites for hydroxylation is 1. The van der Waals surface area contributed by atoms with Crippen LogP contribution in [0.3, 0.4) is 0 Å². The molecule has 0 saturated carbocycles. The van der Waals surface area contributed by atoms with Gasteiger partial charge in [-0.25, -0.2) is 0 Å². The first kappa shape index (κ1) is 25.0. The molecule has 1 heterocycles. The number of hydrogen-bond acceptors (Lipinski definition) is 3. The van der Waals surface area contributed by atoms with Gasteiger partial charge in [-0.3, -0.25) is 4.79 Å². The molecule has 0 bridgehead atoms. The van der Waals surface area contributed by atoms with E-state index in [1.807, 2.05) is 30.5 Å². The quantitative estimate of drug-likeness (QED) is 0.477. The summed E-state index contributed by atoms with van der Waals surface area (Å²) in [6.45, 7) is 3.08. The van der Waals surface area contributed by atoms with Crippen molar-refractivity contribution < 1.29 is 4.79 Å². The van der Waals surface area contributed by atoms with Gasteiger partial charge in [0.2, 0.25) is 0 Å². The van der Waals surface area contributed by atoms with Crippen molar-refractivity contribution >= 4 is 41.6 Å². The molecule has 4 N–H and O–H groups in total. The summed E-state index contributed by atoms with van der Waals surface area (Å²) >= 11 is 0. The molecule has 0 aliphatic carbocycles. The fraction of sp³-hybridized carbons (Fsp3) is 0.318. The summed E-state index contributed by atoms with van der Waals surface area (Å²) in [6, 6.07) is 16.2. The molecule has 3 aromatic rings. The predicted molar refractivity (Wildman–Crippen MR) is 125 cm³/mol. The molecular weight excluding hydrogens is 407 g/mol. The number of carbonyl (C=O) groups excluding carboxylic acids is 1. The number of carbonyl (C=O) groups is 1. The fourth-order valence-corrected chi connectivity index (χ4v) is 3.16. The molecule has 7 heteroatoms. The number of nitrogens with zero attached hydrogens (tertiary/aromatic N) is 1. The van der Waals surface area contributed by atoms with E-state index in [2.05, 4.69) is 46.5 Å². The summed E-state index contributed by atoms with van der Waals surface area (Å²) in [7, 11) is 2.09. The SMILES string of the molecule is CN(CCCc1ccc(CN)cc1)CCNC(=O)c1ccc2[nH]ccc2c1.Cl.Cl. The first-order chi connectivity index (χ1) is 13.2. The molecule has 0 aliphatic rings. The molecule has 0 saturated heterocycles. The van der Waals surface area contributed by atoms with Gasteiger partial charge in [0.1, 0.15) is 0 Å². The van der Waals surface area contributed by atoms with Crippen LogP contribution in [0.5, 0.6) is 0 Å². The number of rotatable bonds is 9. The van der Waals surface area contributed by atoms with E-state index in [0.29, 0.717) is 18.7 Å². The van der Waals surface area contributed by atoms with Crippen LogP contribution in [0.15, 0.2) is 54.7 Å². The molecule has 29 heavy (non-hydrogen) atoms. The maximum absolute atomic E-state index is 12.3. The van der Waals surface area contributed by atoms with Gasteiger partial charge in [0, 0.05) is 42.3 Å². The number of nitrogens with one attached hydrogen (secondary N) is 2. The van der Waals surface area contributed by atoms with Gasteiger partial charge in [-0.1, -0.05) is 24.3 Å². The minimum Gasteiger partial charge on any atom is -0.361 e. The molecule has 5 nitrogen and oxygen atoms in total. The van der Waals surface area contributed by atoms with Gasteiger partial charge in [0.15, 0.2) is 0 Å². The number of aromatic amines is 1. The van der Waals surface area contributed by atoms with Crippen LogP contribution in [-0.2, 0) is 13.0 Å². The molecule has 3 rings (SSSR count). The van der Waals surface area contributed by atoms with Crippen molar-refractivity contribution in [3.63, 3.8) is 0 Å². The first-order valence-electron chi connectivity index (χ1n) is 9.47.